The highest BCUT2D eigenvalue weighted by atomic mass is 32.1. The number of thiophene rings is 1. The van der Waals surface area contributed by atoms with E-state index in [4.69, 9.17) is 11.0 Å². The molecule has 0 aliphatic heterocycles. The fourth-order valence-corrected chi connectivity index (χ4v) is 2.24. The van der Waals surface area contributed by atoms with Gasteiger partial charge in [-0.05, 0) is 23.1 Å². The van der Waals surface area contributed by atoms with Crippen molar-refractivity contribution in [3.05, 3.63) is 57.8 Å². The van der Waals surface area contributed by atoms with Gasteiger partial charge in [0.1, 0.15) is 0 Å². The number of benzene rings is 1. The maximum Gasteiger partial charge on any atom is 0.0995 e. The number of hydrogen-bond donors (Lipinski definition) is 1. The van der Waals surface area contributed by atoms with Crippen LogP contribution in [-0.2, 0) is 0 Å². The first-order valence-electron chi connectivity index (χ1n) is 4.61. The number of hydrogen-bond acceptors (Lipinski definition) is 3. The fraction of sp³-hybridized carbons (Fsp3) is 0.0833. The second kappa shape index (κ2) is 4.26. The summed E-state index contributed by atoms with van der Waals surface area (Å²) in [6.45, 7) is 0. The van der Waals surface area contributed by atoms with Crippen LogP contribution in [0.15, 0.2) is 41.8 Å². The van der Waals surface area contributed by atoms with Gasteiger partial charge in [0.2, 0.25) is 0 Å². The Hall–Kier alpha value is -1.63. The standard InChI is InChI=1S/C12H10N2S/c13-8-9-4-1-2-5-10(9)12(14)11-6-3-7-15-11/h1-7,12H,14H2/t12-/m1/s1. The van der Waals surface area contributed by atoms with E-state index in [1.165, 1.54) is 0 Å². The predicted octanol–water partition coefficient (Wildman–Crippen LogP) is 2.67. The van der Waals surface area contributed by atoms with Crippen LogP contribution in [-0.4, -0.2) is 0 Å². The zero-order valence-corrected chi connectivity index (χ0v) is 8.87. The smallest absolute Gasteiger partial charge is 0.0995 e. The van der Waals surface area contributed by atoms with Crippen LogP contribution in [0.25, 0.3) is 0 Å². The Morgan fingerprint density at radius 3 is 2.67 bits per heavy atom. The van der Waals surface area contributed by atoms with Crippen molar-refractivity contribution in [2.24, 2.45) is 5.73 Å². The topological polar surface area (TPSA) is 49.8 Å². The van der Waals surface area contributed by atoms with E-state index < -0.39 is 0 Å². The molecule has 1 atom stereocenters. The minimum absolute atomic E-state index is 0.194. The second-order valence-corrected chi connectivity index (χ2v) is 4.17. The third-order valence-electron chi connectivity index (χ3n) is 2.27. The van der Waals surface area contributed by atoms with Crippen molar-refractivity contribution in [3.63, 3.8) is 0 Å². The Kier molecular flexibility index (Phi) is 2.82. The van der Waals surface area contributed by atoms with Gasteiger partial charge >= 0.3 is 0 Å². The van der Waals surface area contributed by atoms with Gasteiger partial charge in [0.25, 0.3) is 0 Å². The molecular formula is C12H10N2S. The normalized spacial score (nSPS) is 12.0. The van der Waals surface area contributed by atoms with Crippen LogP contribution in [0, 0.1) is 11.3 Å². The SMILES string of the molecule is N#Cc1ccccc1[C@@H](N)c1cccs1. The first kappa shape index (κ1) is 9.91. The predicted molar refractivity (Wildman–Crippen MR) is 61.5 cm³/mol. The molecule has 2 nitrogen and oxygen atoms in total. The number of nitriles is 1. The molecule has 3 heteroatoms. The van der Waals surface area contributed by atoms with Gasteiger partial charge in [-0.2, -0.15) is 5.26 Å². The van der Waals surface area contributed by atoms with Crippen molar-refractivity contribution in [2.45, 2.75) is 6.04 Å². The van der Waals surface area contributed by atoms with Gasteiger partial charge in [-0.25, -0.2) is 0 Å². The van der Waals surface area contributed by atoms with E-state index in [1.807, 2.05) is 35.7 Å². The van der Waals surface area contributed by atoms with Crippen LogP contribution < -0.4 is 5.73 Å². The average Bonchev–Trinajstić information content (AvgIpc) is 2.81. The molecule has 2 aromatic rings. The Bertz CT molecular complexity index is 483. The molecule has 0 aliphatic carbocycles. The molecule has 1 aromatic heterocycles. The summed E-state index contributed by atoms with van der Waals surface area (Å²) in [6.07, 6.45) is 0. The van der Waals surface area contributed by atoms with Gasteiger partial charge in [0.15, 0.2) is 0 Å². The van der Waals surface area contributed by atoms with Crippen LogP contribution in [0.1, 0.15) is 22.0 Å². The minimum Gasteiger partial charge on any atom is -0.320 e. The maximum atomic E-state index is 8.96. The molecule has 2 rings (SSSR count). The zero-order chi connectivity index (χ0) is 10.7. The van der Waals surface area contributed by atoms with Crippen LogP contribution in [0.3, 0.4) is 0 Å². The van der Waals surface area contributed by atoms with Crippen molar-refractivity contribution in [2.75, 3.05) is 0 Å². The molecule has 74 valence electrons. The lowest BCUT2D eigenvalue weighted by Gasteiger charge is -2.11. The summed E-state index contributed by atoms with van der Waals surface area (Å²) in [5, 5.41) is 11.0. The lowest BCUT2D eigenvalue weighted by atomic mass is 10.0. The van der Waals surface area contributed by atoms with E-state index in [2.05, 4.69) is 6.07 Å². The highest BCUT2D eigenvalue weighted by Gasteiger charge is 2.12. The Labute approximate surface area is 92.6 Å². The largest absolute Gasteiger partial charge is 0.320 e. The van der Waals surface area contributed by atoms with E-state index in [1.54, 1.807) is 17.4 Å². The fourth-order valence-electron chi connectivity index (χ4n) is 1.49. The quantitative estimate of drug-likeness (QED) is 0.835. The first-order valence-corrected chi connectivity index (χ1v) is 5.49. The van der Waals surface area contributed by atoms with Crippen LogP contribution >= 0.6 is 11.3 Å². The van der Waals surface area contributed by atoms with Crippen molar-refractivity contribution in [1.29, 1.82) is 5.26 Å². The van der Waals surface area contributed by atoms with E-state index >= 15 is 0 Å². The minimum atomic E-state index is -0.194. The Morgan fingerprint density at radius 1 is 1.20 bits per heavy atom. The number of nitrogens with two attached hydrogens (primary N) is 1. The molecule has 0 radical (unpaired) electrons. The molecule has 0 amide bonds. The first-order chi connectivity index (χ1) is 7.33. The molecule has 0 saturated heterocycles. The van der Waals surface area contributed by atoms with E-state index in [-0.39, 0.29) is 6.04 Å². The molecular weight excluding hydrogens is 204 g/mol. The van der Waals surface area contributed by atoms with Gasteiger partial charge < -0.3 is 5.73 Å². The average molecular weight is 214 g/mol. The molecule has 0 fully saturated rings. The molecule has 2 N–H and O–H groups in total. The molecule has 1 heterocycles. The van der Waals surface area contributed by atoms with Gasteiger partial charge in [0, 0.05) is 4.88 Å². The van der Waals surface area contributed by atoms with Crippen molar-refractivity contribution < 1.29 is 0 Å². The number of rotatable bonds is 2. The van der Waals surface area contributed by atoms with Crippen LogP contribution in [0.5, 0.6) is 0 Å². The van der Waals surface area contributed by atoms with Crippen LogP contribution in [0.4, 0.5) is 0 Å². The summed E-state index contributed by atoms with van der Waals surface area (Å²) in [7, 11) is 0. The summed E-state index contributed by atoms with van der Waals surface area (Å²) in [5.41, 5.74) is 7.64. The van der Waals surface area contributed by atoms with E-state index in [0.29, 0.717) is 5.56 Å². The summed E-state index contributed by atoms with van der Waals surface area (Å²) in [4.78, 5) is 1.08. The highest BCUT2D eigenvalue weighted by molar-refractivity contribution is 7.10. The van der Waals surface area contributed by atoms with Crippen LogP contribution in [0.2, 0.25) is 0 Å². The van der Waals surface area contributed by atoms with Gasteiger partial charge in [-0.15, -0.1) is 11.3 Å². The zero-order valence-electron chi connectivity index (χ0n) is 8.05. The third kappa shape index (κ3) is 1.91. The third-order valence-corrected chi connectivity index (χ3v) is 3.22. The highest BCUT2D eigenvalue weighted by Crippen LogP contribution is 2.25. The maximum absolute atomic E-state index is 8.96. The summed E-state index contributed by atoms with van der Waals surface area (Å²) >= 11 is 1.61. The molecule has 0 aliphatic rings. The summed E-state index contributed by atoms with van der Waals surface area (Å²) < 4.78 is 0. The van der Waals surface area contributed by atoms with E-state index in [0.717, 1.165) is 10.4 Å². The molecule has 0 unspecified atom stereocenters. The van der Waals surface area contributed by atoms with Gasteiger partial charge in [-0.1, -0.05) is 24.3 Å². The lowest BCUT2D eigenvalue weighted by Crippen LogP contribution is -2.11. The van der Waals surface area contributed by atoms with E-state index in [9.17, 15) is 0 Å². The molecule has 1 aromatic carbocycles. The monoisotopic (exact) mass is 214 g/mol. The van der Waals surface area contributed by atoms with Crippen molar-refractivity contribution >= 4 is 11.3 Å². The molecule has 15 heavy (non-hydrogen) atoms. The summed E-state index contributed by atoms with van der Waals surface area (Å²) in [5.74, 6) is 0. The van der Waals surface area contributed by atoms with Gasteiger partial charge in [0.05, 0.1) is 17.7 Å². The summed E-state index contributed by atoms with van der Waals surface area (Å²) in [6, 6.07) is 13.4. The lowest BCUT2D eigenvalue weighted by molar-refractivity contribution is 0.889. The van der Waals surface area contributed by atoms with Crippen molar-refractivity contribution in [1.82, 2.24) is 0 Å². The second-order valence-electron chi connectivity index (χ2n) is 3.19. The molecule has 0 bridgehead atoms. The van der Waals surface area contributed by atoms with Crippen molar-refractivity contribution in [3.8, 4) is 6.07 Å². The van der Waals surface area contributed by atoms with Gasteiger partial charge in [-0.3, -0.25) is 0 Å². The molecule has 0 saturated carbocycles. The molecule has 0 spiro atoms. The Balaban J connectivity index is 2.42. The Morgan fingerprint density at radius 2 is 2.00 bits per heavy atom. The number of nitrogens with zero attached hydrogens (tertiary/aromatic N) is 1.